The van der Waals surface area contributed by atoms with Crippen LogP contribution in [0.4, 0.5) is 0 Å². The van der Waals surface area contributed by atoms with Crippen molar-refractivity contribution >= 4 is 11.9 Å². The van der Waals surface area contributed by atoms with Gasteiger partial charge in [0.1, 0.15) is 0 Å². The zero-order valence-electron chi connectivity index (χ0n) is 8.68. The van der Waals surface area contributed by atoms with Gasteiger partial charge in [-0.15, -0.1) is 0 Å². The molecule has 0 aromatic heterocycles. The monoisotopic (exact) mass is 179 g/mol. The molecule has 0 saturated carbocycles. The number of nitrogens with zero attached hydrogens (tertiary/aromatic N) is 1. The van der Waals surface area contributed by atoms with E-state index >= 15 is 0 Å². The van der Waals surface area contributed by atoms with E-state index < -0.39 is 0 Å². The molecule has 0 fully saturated rings. The van der Waals surface area contributed by atoms with E-state index in [0.717, 1.165) is 22.6 Å². The zero-order valence-corrected chi connectivity index (χ0v) is 8.68. The van der Waals surface area contributed by atoms with E-state index in [9.17, 15) is 0 Å². The van der Waals surface area contributed by atoms with Gasteiger partial charge in [-0.2, -0.15) is 0 Å². The SMILES string of the molecule is CC(=C/N)/C(C)=N/C(C)=C(\C)C=N. The van der Waals surface area contributed by atoms with Crippen molar-refractivity contribution in [2.24, 2.45) is 10.7 Å². The van der Waals surface area contributed by atoms with Crippen LogP contribution in [0.1, 0.15) is 27.7 Å². The summed E-state index contributed by atoms with van der Waals surface area (Å²) in [6.45, 7) is 7.56. The summed E-state index contributed by atoms with van der Waals surface area (Å²) in [5.74, 6) is 0. The third-order valence-corrected chi connectivity index (χ3v) is 1.94. The van der Waals surface area contributed by atoms with Gasteiger partial charge in [-0.05, 0) is 45.0 Å². The maximum absolute atomic E-state index is 7.04. The van der Waals surface area contributed by atoms with E-state index in [1.165, 1.54) is 12.4 Å². The summed E-state index contributed by atoms with van der Waals surface area (Å²) in [5, 5.41) is 7.04. The third kappa shape index (κ3) is 3.69. The molecule has 0 atom stereocenters. The summed E-state index contributed by atoms with van der Waals surface area (Å²) in [4.78, 5) is 4.32. The van der Waals surface area contributed by atoms with Crippen molar-refractivity contribution in [1.29, 1.82) is 5.41 Å². The first kappa shape index (κ1) is 11.6. The van der Waals surface area contributed by atoms with Crippen molar-refractivity contribution < 1.29 is 0 Å². The van der Waals surface area contributed by atoms with Crippen LogP contribution in [0.15, 0.2) is 28.0 Å². The van der Waals surface area contributed by atoms with Crippen LogP contribution in [-0.2, 0) is 0 Å². The lowest BCUT2D eigenvalue weighted by Crippen LogP contribution is -1.97. The van der Waals surface area contributed by atoms with E-state index in [0.29, 0.717) is 0 Å². The Kier molecular flexibility index (Phi) is 4.74. The van der Waals surface area contributed by atoms with Gasteiger partial charge in [-0.25, -0.2) is 0 Å². The molecule has 0 amide bonds. The van der Waals surface area contributed by atoms with E-state index in [-0.39, 0.29) is 0 Å². The second-order valence-corrected chi connectivity index (χ2v) is 2.96. The summed E-state index contributed by atoms with van der Waals surface area (Å²) < 4.78 is 0. The van der Waals surface area contributed by atoms with Crippen molar-refractivity contribution in [2.75, 3.05) is 0 Å². The second-order valence-electron chi connectivity index (χ2n) is 2.96. The lowest BCUT2D eigenvalue weighted by molar-refractivity contribution is 1.24. The summed E-state index contributed by atoms with van der Waals surface area (Å²) in [6.07, 6.45) is 2.83. The minimum Gasteiger partial charge on any atom is -0.404 e. The number of hydrogen-bond acceptors (Lipinski definition) is 3. The summed E-state index contributed by atoms with van der Waals surface area (Å²) in [6, 6.07) is 0. The first-order valence-corrected chi connectivity index (χ1v) is 4.15. The van der Waals surface area contributed by atoms with E-state index in [4.69, 9.17) is 11.1 Å². The highest BCUT2D eigenvalue weighted by Crippen LogP contribution is 2.05. The Hall–Kier alpha value is -1.38. The largest absolute Gasteiger partial charge is 0.404 e. The molecule has 0 saturated heterocycles. The van der Waals surface area contributed by atoms with E-state index in [1.807, 2.05) is 27.7 Å². The minimum atomic E-state index is 0.855. The molecule has 3 heteroatoms. The lowest BCUT2D eigenvalue weighted by atomic mass is 10.2. The summed E-state index contributed by atoms with van der Waals surface area (Å²) in [5.41, 5.74) is 8.92. The van der Waals surface area contributed by atoms with Gasteiger partial charge >= 0.3 is 0 Å². The minimum absolute atomic E-state index is 0.855. The molecule has 3 nitrogen and oxygen atoms in total. The molecule has 0 unspecified atom stereocenters. The molecule has 0 spiro atoms. The van der Waals surface area contributed by atoms with Crippen LogP contribution in [-0.4, -0.2) is 11.9 Å². The Bertz CT molecular complexity index is 283. The van der Waals surface area contributed by atoms with Crippen LogP contribution in [0.5, 0.6) is 0 Å². The highest BCUT2D eigenvalue weighted by atomic mass is 14.8. The molecule has 72 valence electrons. The number of nitrogens with one attached hydrogen (secondary N) is 1. The van der Waals surface area contributed by atoms with Gasteiger partial charge in [0.2, 0.25) is 0 Å². The van der Waals surface area contributed by atoms with Crippen molar-refractivity contribution in [2.45, 2.75) is 27.7 Å². The number of hydrogen-bond donors (Lipinski definition) is 2. The highest BCUT2D eigenvalue weighted by Gasteiger charge is 1.95. The van der Waals surface area contributed by atoms with Gasteiger partial charge in [-0.1, -0.05) is 0 Å². The quantitative estimate of drug-likeness (QED) is 0.641. The van der Waals surface area contributed by atoms with Crippen LogP contribution < -0.4 is 5.73 Å². The predicted molar refractivity (Wildman–Crippen MR) is 58.2 cm³/mol. The van der Waals surface area contributed by atoms with Crippen LogP contribution in [0.3, 0.4) is 0 Å². The fourth-order valence-corrected chi connectivity index (χ4v) is 0.653. The topological polar surface area (TPSA) is 62.2 Å². The Labute approximate surface area is 79.6 Å². The molecule has 3 N–H and O–H groups in total. The van der Waals surface area contributed by atoms with Crippen molar-refractivity contribution in [3.8, 4) is 0 Å². The molecule has 0 aromatic carbocycles. The maximum Gasteiger partial charge on any atom is 0.0420 e. The predicted octanol–water partition coefficient (Wildman–Crippen LogP) is 2.25. The smallest absolute Gasteiger partial charge is 0.0420 e. The zero-order chi connectivity index (χ0) is 10.4. The van der Waals surface area contributed by atoms with Gasteiger partial charge in [0, 0.05) is 17.6 Å². The molecule has 13 heavy (non-hydrogen) atoms. The molecule has 0 aliphatic heterocycles. The molecule has 0 aliphatic carbocycles. The fraction of sp³-hybridized carbons (Fsp3) is 0.400. The van der Waals surface area contributed by atoms with E-state index in [2.05, 4.69) is 4.99 Å². The van der Waals surface area contributed by atoms with Gasteiger partial charge in [0.05, 0.1) is 0 Å². The van der Waals surface area contributed by atoms with Crippen molar-refractivity contribution in [1.82, 2.24) is 0 Å². The molecule has 0 aliphatic rings. The molecule has 0 bridgehead atoms. The first-order chi connectivity index (χ1) is 6.02. The lowest BCUT2D eigenvalue weighted by Gasteiger charge is -2.01. The summed E-state index contributed by atoms with van der Waals surface area (Å²) in [7, 11) is 0. The van der Waals surface area contributed by atoms with Crippen LogP contribution in [0.2, 0.25) is 0 Å². The number of rotatable bonds is 3. The van der Waals surface area contributed by atoms with Crippen LogP contribution >= 0.6 is 0 Å². The molecule has 0 radical (unpaired) electrons. The van der Waals surface area contributed by atoms with E-state index in [1.54, 1.807) is 0 Å². The van der Waals surface area contributed by atoms with Crippen molar-refractivity contribution in [3.05, 3.63) is 23.0 Å². The molecular formula is C10H17N3. The molecule has 0 rings (SSSR count). The van der Waals surface area contributed by atoms with Crippen molar-refractivity contribution in [3.63, 3.8) is 0 Å². The number of aliphatic imine (C=N–C) groups is 1. The summed E-state index contributed by atoms with van der Waals surface area (Å²) >= 11 is 0. The number of allylic oxidation sites excluding steroid dienone is 3. The van der Waals surface area contributed by atoms with Gasteiger partial charge in [-0.3, -0.25) is 4.99 Å². The number of nitrogens with two attached hydrogens (primary N) is 1. The normalized spacial score (nSPS) is 15.4. The van der Waals surface area contributed by atoms with Gasteiger partial charge in [0.25, 0.3) is 0 Å². The average molecular weight is 179 g/mol. The average Bonchev–Trinajstić information content (AvgIpc) is 2.14. The third-order valence-electron chi connectivity index (χ3n) is 1.94. The Balaban J connectivity index is 4.87. The molecule has 0 aromatic rings. The molecular weight excluding hydrogens is 162 g/mol. The van der Waals surface area contributed by atoms with Crippen LogP contribution in [0.25, 0.3) is 0 Å². The fourth-order valence-electron chi connectivity index (χ4n) is 0.653. The van der Waals surface area contributed by atoms with Crippen LogP contribution in [0, 0.1) is 5.41 Å². The maximum atomic E-state index is 7.04. The first-order valence-electron chi connectivity index (χ1n) is 4.15. The Morgan fingerprint density at radius 3 is 2.15 bits per heavy atom. The standard InChI is InChI=1S/C10H17N3/c1-7(5-11)9(3)13-10(4)8(2)6-12/h5-6,11H,12H2,1-4H3/b8-6-,9-7+,11-5?,13-10+. The van der Waals surface area contributed by atoms with Gasteiger partial charge in [0.15, 0.2) is 0 Å². The second kappa shape index (κ2) is 5.30. The Morgan fingerprint density at radius 1 is 1.23 bits per heavy atom. The van der Waals surface area contributed by atoms with Gasteiger partial charge < -0.3 is 11.1 Å². The Morgan fingerprint density at radius 2 is 1.77 bits per heavy atom. The highest BCUT2D eigenvalue weighted by molar-refractivity contribution is 5.98. The molecule has 0 heterocycles.